The summed E-state index contributed by atoms with van der Waals surface area (Å²) in [7, 11) is 0. The quantitative estimate of drug-likeness (QED) is 0.622. The monoisotopic (exact) mass is 148 g/mol. The summed E-state index contributed by atoms with van der Waals surface area (Å²) in [4.78, 5) is 19.6. The zero-order chi connectivity index (χ0) is 7.28. The highest BCUT2D eigenvalue weighted by atomic mass is 16.4. The molecule has 2 N–H and O–H groups in total. The summed E-state index contributed by atoms with van der Waals surface area (Å²) in [6.07, 6.45) is 0.0866. The molecule has 0 aromatic carbocycles. The van der Waals surface area contributed by atoms with Crippen LogP contribution in [0.15, 0.2) is 0 Å². The maximum atomic E-state index is 9.79. The number of hydrogen-bond donors (Lipinski definition) is 2. The summed E-state index contributed by atoms with van der Waals surface area (Å²) in [6, 6.07) is 0. The number of carboxylic acids is 2. The number of rotatable bonds is 4. The maximum Gasteiger partial charge on any atom is 0.303 e. The molecule has 0 rings (SSSR count). The van der Waals surface area contributed by atoms with E-state index in [2.05, 4.69) is 0 Å². The van der Waals surface area contributed by atoms with Crippen LogP contribution in [-0.4, -0.2) is 22.2 Å². The van der Waals surface area contributed by atoms with Gasteiger partial charge in [-0.15, -0.1) is 0 Å². The van der Waals surface area contributed by atoms with Crippen LogP contribution in [0.1, 0.15) is 26.7 Å². The van der Waals surface area contributed by atoms with Gasteiger partial charge in [0.25, 0.3) is 0 Å². The molecule has 0 spiro atoms. The Bertz CT molecular complexity index is 105. The molecule has 0 saturated carbocycles. The van der Waals surface area contributed by atoms with E-state index >= 15 is 0 Å². The third-order valence-electron chi connectivity index (χ3n) is 0.781. The Morgan fingerprint density at radius 1 is 1.00 bits per heavy atom. The molecule has 0 aromatic rings. The molecule has 0 atom stereocenters. The predicted molar refractivity (Wildman–Crippen MR) is 35.9 cm³/mol. The van der Waals surface area contributed by atoms with Crippen LogP contribution in [0.4, 0.5) is 0 Å². The molecule has 10 heavy (non-hydrogen) atoms. The molecule has 0 aliphatic carbocycles. The molecule has 0 radical (unpaired) electrons. The number of hydrogen-bond acceptors (Lipinski definition) is 2. The Balaban J connectivity index is 0. The van der Waals surface area contributed by atoms with Gasteiger partial charge in [0.2, 0.25) is 0 Å². The van der Waals surface area contributed by atoms with Gasteiger partial charge in [-0.25, -0.2) is 0 Å². The molecule has 4 heteroatoms. The summed E-state index contributed by atoms with van der Waals surface area (Å²) in [5, 5.41) is 16.1. The molecule has 0 unspecified atom stereocenters. The standard InChI is InChI=1S/C5H8O4.CH4/c6-4(7)2-1-3-5(8)9;/h1-3H2,(H,6,7)(H,8,9);1H4. The van der Waals surface area contributed by atoms with Crippen LogP contribution in [0, 0.1) is 0 Å². The highest BCUT2D eigenvalue weighted by Crippen LogP contribution is 1.93. The first kappa shape index (κ1) is 11.7. The average Bonchev–Trinajstić information content (AvgIpc) is 1.63. The highest BCUT2D eigenvalue weighted by Gasteiger charge is 1.99. The number of carboxylic acid groups (broad SMARTS) is 2. The van der Waals surface area contributed by atoms with E-state index in [1.807, 2.05) is 0 Å². The van der Waals surface area contributed by atoms with Crippen molar-refractivity contribution in [2.45, 2.75) is 26.7 Å². The van der Waals surface area contributed by atoms with Gasteiger partial charge in [0.15, 0.2) is 0 Å². The topological polar surface area (TPSA) is 74.6 Å². The molecule has 0 aliphatic heterocycles. The molecule has 0 heterocycles. The summed E-state index contributed by atoms with van der Waals surface area (Å²) in [5.41, 5.74) is 0. The van der Waals surface area contributed by atoms with E-state index in [0.29, 0.717) is 0 Å². The fourth-order valence-corrected chi connectivity index (χ4v) is 0.391. The van der Waals surface area contributed by atoms with Gasteiger partial charge < -0.3 is 10.2 Å². The molecule has 60 valence electrons. The molecule has 0 fully saturated rings. The minimum atomic E-state index is -0.948. The van der Waals surface area contributed by atoms with Gasteiger partial charge in [-0.3, -0.25) is 9.59 Å². The van der Waals surface area contributed by atoms with Gasteiger partial charge in [0, 0.05) is 12.8 Å². The zero-order valence-corrected chi connectivity index (χ0v) is 4.83. The van der Waals surface area contributed by atoms with Gasteiger partial charge in [-0.05, 0) is 6.42 Å². The second-order valence-electron chi connectivity index (χ2n) is 1.64. The van der Waals surface area contributed by atoms with Gasteiger partial charge in [-0.1, -0.05) is 7.43 Å². The van der Waals surface area contributed by atoms with E-state index < -0.39 is 11.9 Å². The summed E-state index contributed by atoms with van der Waals surface area (Å²) in [5.74, 6) is -1.90. The van der Waals surface area contributed by atoms with Crippen LogP contribution in [0.5, 0.6) is 0 Å². The zero-order valence-electron chi connectivity index (χ0n) is 4.83. The fourth-order valence-electron chi connectivity index (χ4n) is 0.391. The van der Waals surface area contributed by atoms with Crippen molar-refractivity contribution in [2.75, 3.05) is 0 Å². The first-order chi connectivity index (χ1) is 4.13. The van der Waals surface area contributed by atoms with Crippen molar-refractivity contribution >= 4 is 11.9 Å². The van der Waals surface area contributed by atoms with E-state index in [-0.39, 0.29) is 26.7 Å². The van der Waals surface area contributed by atoms with Gasteiger partial charge in [0.1, 0.15) is 0 Å². The van der Waals surface area contributed by atoms with Gasteiger partial charge in [0.05, 0.1) is 0 Å². The van der Waals surface area contributed by atoms with E-state index in [4.69, 9.17) is 10.2 Å². The first-order valence-electron chi connectivity index (χ1n) is 2.56. The van der Waals surface area contributed by atoms with Crippen LogP contribution in [0.3, 0.4) is 0 Å². The lowest BCUT2D eigenvalue weighted by Crippen LogP contribution is -1.98. The third-order valence-corrected chi connectivity index (χ3v) is 0.781. The van der Waals surface area contributed by atoms with E-state index in [1.165, 1.54) is 0 Å². The smallest absolute Gasteiger partial charge is 0.303 e. The second kappa shape index (κ2) is 6.07. The summed E-state index contributed by atoms with van der Waals surface area (Å²) < 4.78 is 0. The lowest BCUT2D eigenvalue weighted by molar-refractivity contribution is -0.138. The van der Waals surface area contributed by atoms with Gasteiger partial charge in [-0.2, -0.15) is 0 Å². The third kappa shape index (κ3) is 10.0. The largest absolute Gasteiger partial charge is 0.481 e. The van der Waals surface area contributed by atoms with Crippen LogP contribution < -0.4 is 0 Å². The summed E-state index contributed by atoms with van der Waals surface area (Å²) >= 11 is 0. The molecule has 4 nitrogen and oxygen atoms in total. The SMILES string of the molecule is C.O=C(O)CCCC(=O)O. The van der Waals surface area contributed by atoms with Crippen molar-refractivity contribution in [3.8, 4) is 0 Å². The van der Waals surface area contributed by atoms with Crippen LogP contribution in [0.25, 0.3) is 0 Å². The second-order valence-corrected chi connectivity index (χ2v) is 1.64. The molecule has 0 saturated heterocycles. The highest BCUT2D eigenvalue weighted by molar-refractivity contribution is 5.69. The van der Waals surface area contributed by atoms with Crippen molar-refractivity contribution < 1.29 is 19.8 Å². The van der Waals surface area contributed by atoms with E-state index in [9.17, 15) is 9.59 Å². The maximum absolute atomic E-state index is 9.79. The van der Waals surface area contributed by atoms with Gasteiger partial charge >= 0.3 is 11.9 Å². The van der Waals surface area contributed by atoms with Crippen molar-refractivity contribution in [3.63, 3.8) is 0 Å². The summed E-state index contributed by atoms with van der Waals surface area (Å²) in [6.45, 7) is 0. The Labute approximate surface area is 59.5 Å². The minimum Gasteiger partial charge on any atom is -0.481 e. The Morgan fingerprint density at radius 2 is 1.30 bits per heavy atom. The van der Waals surface area contributed by atoms with Crippen LogP contribution in [0.2, 0.25) is 0 Å². The van der Waals surface area contributed by atoms with E-state index in [1.54, 1.807) is 0 Å². The van der Waals surface area contributed by atoms with Crippen molar-refractivity contribution in [2.24, 2.45) is 0 Å². The van der Waals surface area contributed by atoms with Crippen molar-refractivity contribution in [1.29, 1.82) is 0 Å². The van der Waals surface area contributed by atoms with Crippen molar-refractivity contribution in [3.05, 3.63) is 0 Å². The normalized spacial score (nSPS) is 8.00. The molecule has 0 bridgehead atoms. The lowest BCUT2D eigenvalue weighted by Gasteiger charge is -1.89. The molecular formula is C6H12O4. The van der Waals surface area contributed by atoms with Crippen LogP contribution in [-0.2, 0) is 9.59 Å². The molecule has 0 aromatic heterocycles. The predicted octanol–water partition coefficient (Wildman–Crippen LogP) is 0.962. The lowest BCUT2D eigenvalue weighted by atomic mass is 10.2. The Kier molecular flexibility index (Phi) is 7.10. The van der Waals surface area contributed by atoms with E-state index in [0.717, 1.165) is 0 Å². The number of carbonyl (C=O) groups is 2. The molecule has 0 aliphatic rings. The number of aliphatic carboxylic acids is 2. The fraction of sp³-hybridized carbons (Fsp3) is 0.667. The van der Waals surface area contributed by atoms with Crippen LogP contribution >= 0.6 is 0 Å². The molecule has 0 amide bonds. The average molecular weight is 148 g/mol. The molecular weight excluding hydrogens is 136 g/mol. The Morgan fingerprint density at radius 3 is 1.50 bits per heavy atom. The Hall–Kier alpha value is -1.06. The van der Waals surface area contributed by atoms with Crippen molar-refractivity contribution in [1.82, 2.24) is 0 Å². The first-order valence-corrected chi connectivity index (χ1v) is 2.56. The minimum absolute atomic E-state index is 0.